The number of nitrogens with two attached hydrogens (primary N) is 1. The fourth-order valence-corrected chi connectivity index (χ4v) is 1.93. The number of rotatable bonds is 3. The van der Waals surface area contributed by atoms with Crippen molar-refractivity contribution in [1.29, 1.82) is 0 Å². The first-order valence-corrected chi connectivity index (χ1v) is 7.04. The molecule has 0 aliphatic heterocycles. The van der Waals surface area contributed by atoms with Gasteiger partial charge in [0.25, 0.3) is 0 Å². The first-order chi connectivity index (χ1) is 10.9. The monoisotopic (exact) mass is 309 g/mol. The molecule has 2 aromatic heterocycles. The molecule has 23 heavy (non-hydrogen) atoms. The molecule has 0 aromatic carbocycles. The molecule has 0 amide bonds. The van der Waals surface area contributed by atoms with Crippen molar-refractivity contribution in [3.8, 4) is 11.8 Å². The van der Waals surface area contributed by atoms with Gasteiger partial charge in [-0.1, -0.05) is 5.92 Å². The highest BCUT2D eigenvalue weighted by Gasteiger charge is 2.08. The molecular weight excluding hydrogens is 290 g/mol. The Labute approximate surface area is 135 Å². The molecule has 0 saturated carbocycles. The van der Waals surface area contributed by atoms with Crippen molar-refractivity contribution in [3.63, 3.8) is 0 Å². The number of pyridine rings is 1. The Bertz CT molecular complexity index is 828. The van der Waals surface area contributed by atoms with Crippen LogP contribution in [-0.4, -0.2) is 39.5 Å². The van der Waals surface area contributed by atoms with Gasteiger partial charge in [-0.3, -0.25) is 9.98 Å². The van der Waals surface area contributed by atoms with E-state index in [4.69, 9.17) is 5.73 Å². The maximum Gasteiger partial charge on any atom is 0.135 e. The maximum atomic E-state index is 9.70. The fraction of sp³-hybridized carbons (Fsp3) is 0.235. The van der Waals surface area contributed by atoms with Gasteiger partial charge in [-0.2, -0.15) is 0 Å². The van der Waals surface area contributed by atoms with E-state index in [1.54, 1.807) is 32.3 Å². The number of hydrogen-bond donors (Lipinski definition) is 2. The Morgan fingerprint density at radius 2 is 2.35 bits per heavy atom. The lowest BCUT2D eigenvalue weighted by molar-refractivity contribution is 0.143. The summed E-state index contributed by atoms with van der Waals surface area (Å²) in [5.41, 5.74) is 5.92. The van der Waals surface area contributed by atoms with E-state index in [2.05, 4.69) is 33.5 Å². The van der Waals surface area contributed by atoms with E-state index >= 15 is 0 Å². The average Bonchev–Trinajstić information content (AvgIpc) is 2.92. The largest absolute Gasteiger partial charge is 0.378 e. The molecule has 0 unspecified atom stereocenters. The summed E-state index contributed by atoms with van der Waals surface area (Å²) in [5.74, 6) is 6.26. The lowest BCUT2D eigenvalue weighted by atomic mass is 10.1. The van der Waals surface area contributed by atoms with E-state index in [0.29, 0.717) is 11.5 Å². The fourth-order valence-electron chi connectivity index (χ4n) is 1.93. The number of nitrogens with zero attached hydrogens (tertiary/aromatic N) is 4. The normalized spacial score (nSPS) is 12.4. The van der Waals surface area contributed by atoms with Crippen molar-refractivity contribution in [2.75, 3.05) is 6.67 Å². The van der Waals surface area contributed by atoms with Gasteiger partial charge in [0.1, 0.15) is 17.1 Å². The van der Waals surface area contributed by atoms with Crippen LogP contribution in [0.15, 0.2) is 46.8 Å². The second-order valence-corrected chi connectivity index (χ2v) is 5.32. The third-order valence-corrected chi connectivity index (χ3v) is 2.90. The van der Waals surface area contributed by atoms with E-state index in [1.807, 2.05) is 22.9 Å². The third kappa shape index (κ3) is 4.36. The molecule has 3 N–H and O–H groups in total. The Morgan fingerprint density at radius 3 is 3.00 bits per heavy atom. The molecule has 0 radical (unpaired) electrons. The molecule has 118 valence electrons. The number of fused-ring (bicyclic) bond motifs is 1. The zero-order valence-electron chi connectivity index (χ0n) is 13.2. The van der Waals surface area contributed by atoms with Crippen LogP contribution >= 0.6 is 0 Å². The molecule has 0 saturated heterocycles. The number of aromatic nitrogens is 2. The van der Waals surface area contributed by atoms with E-state index in [-0.39, 0.29) is 6.67 Å². The van der Waals surface area contributed by atoms with E-state index in [9.17, 15) is 5.11 Å². The molecule has 2 aromatic rings. The number of allylic oxidation sites excluding steroid dienone is 1. The van der Waals surface area contributed by atoms with Crippen molar-refractivity contribution in [1.82, 2.24) is 9.55 Å². The van der Waals surface area contributed by atoms with Crippen LogP contribution in [0.3, 0.4) is 0 Å². The number of aliphatic imine (C=N–C) groups is 2. The Morgan fingerprint density at radius 1 is 1.57 bits per heavy atom. The van der Waals surface area contributed by atoms with Crippen molar-refractivity contribution >= 4 is 23.5 Å². The molecular formula is C17H19N5O. The highest BCUT2D eigenvalue weighted by atomic mass is 16.3. The van der Waals surface area contributed by atoms with E-state index in [1.165, 1.54) is 0 Å². The van der Waals surface area contributed by atoms with Gasteiger partial charge in [0.15, 0.2) is 0 Å². The minimum atomic E-state index is -1.07. The number of aliphatic hydroxyl groups is 1. The maximum absolute atomic E-state index is 9.70. The highest BCUT2D eigenvalue weighted by Crippen LogP contribution is 2.16. The molecule has 0 fully saturated rings. The summed E-state index contributed by atoms with van der Waals surface area (Å²) < 4.78 is 1.88. The van der Waals surface area contributed by atoms with Gasteiger partial charge in [-0.05, 0) is 44.7 Å². The van der Waals surface area contributed by atoms with Gasteiger partial charge in [0.2, 0.25) is 0 Å². The molecule has 2 rings (SSSR count). The standard InChI is InChI=1S/C17H19N5O/c1-17(2,23)7-4-14-10-15-13(11-20-14)6-9-22(15)16(21-12-18)5-8-19-3/h5-6,8-11,23H,3,12,18H2,1-2H3. The zero-order chi connectivity index (χ0) is 16.9. The molecule has 0 aliphatic rings. The second kappa shape index (κ2) is 7.01. The summed E-state index contributed by atoms with van der Waals surface area (Å²) in [7, 11) is 0. The van der Waals surface area contributed by atoms with Gasteiger partial charge >= 0.3 is 0 Å². The average molecular weight is 309 g/mol. The molecule has 2 heterocycles. The third-order valence-electron chi connectivity index (χ3n) is 2.90. The first-order valence-electron chi connectivity index (χ1n) is 7.04. The summed E-state index contributed by atoms with van der Waals surface area (Å²) in [5, 5.41) is 10.6. The quantitative estimate of drug-likeness (QED) is 0.512. The first kappa shape index (κ1) is 16.6. The van der Waals surface area contributed by atoms with E-state index in [0.717, 1.165) is 10.9 Å². The van der Waals surface area contributed by atoms with Crippen LogP contribution in [0.1, 0.15) is 19.5 Å². The molecule has 0 spiro atoms. The van der Waals surface area contributed by atoms with Crippen molar-refractivity contribution in [3.05, 3.63) is 42.5 Å². The molecule has 0 bridgehead atoms. The summed E-state index contributed by atoms with van der Waals surface area (Å²) >= 11 is 0. The minimum absolute atomic E-state index is 0.160. The van der Waals surface area contributed by atoms with Crippen molar-refractivity contribution in [2.45, 2.75) is 19.4 Å². The van der Waals surface area contributed by atoms with Gasteiger partial charge in [-0.15, -0.1) is 0 Å². The van der Waals surface area contributed by atoms with Gasteiger partial charge in [-0.25, -0.2) is 4.98 Å². The van der Waals surface area contributed by atoms with Crippen molar-refractivity contribution in [2.24, 2.45) is 15.7 Å². The zero-order valence-corrected chi connectivity index (χ0v) is 13.2. The van der Waals surface area contributed by atoms with Crippen LogP contribution in [0.2, 0.25) is 0 Å². The summed E-state index contributed by atoms with van der Waals surface area (Å²) in [6.45, 7) is 6.82. The Hall–Kier alpha value is -2.75. The van der Waals surface area contributed by atoms with Gasteiger partial charge in [0, 0.05) is 24.0 Å². The second-order valence-electron chi connectivity index (χ2n) is 5.32. The topological polar surface area (TPSA) is 88.8 Å². The lowest BCUT2D eigenvalue weighted by Crippen LogP contribution is -2.14. The summed E-state index contributed by atoms with van der Waals surface area (Å²) in [6.07, 6.45) is 6.88. The van der Waals surface area contributed by atoms with Crippen LogP contribution in [0.4, 0.5) is 0 Å². The van der Waals surface area contributed by atoms with Crippen LogP contribution in [0, 0.1) is 11.8 Å². The van der Waals surface area contributed by atoms with Crippen molar-refractivity contribution < 1.29 is 5.11 Å². The molecule has 0 aliphatic carbocycles. The minimum Gasteiger partial charge on any atom is -0.378 e. The van der Waals surface area contributed by atoms with Crippen LogP contribution in [-0.2, 0) is 0 Å². The Kier molecular flexibility index (Phi) is 5.06. The van der Waals surface area contributed by atoms with Crippen LogP contribution < -0.4 is 5.73 Å². The van der Waals surface area contributed by atoms with Crippen LogP contribution in [0.5, 0.6) is 0 Å². The summed E-state index contributed by atoms with van der Waals surface area (Å²) in [4.78, 5) is 12.2. The smallest absolute Gasteiger partial charge is 0.135 e. The van der Waals surface area contributed by atoms with Gasteiger partial charge < -0.3 is 15.4 Å². The van der Waals surface area contributed by atoms with Crippen LogP contribution in [0.25, 0.3) is 10.9 Å². The van der Waals surface area contributed by atoms with E-state index < -0.39 is 5.60 Å². The molecule has 6 nitrogen and oxygen atoms in total. The number of hydrogen-bond acceptors (Lipinski definition) is 5. The molecule has 0 atom stereocenters. The predicted octanol–water partition coefficient (Wildman–Crippen LogP) is 1.54. The SMILES string of the molecule is C=NC=CC(=NCN)n1ccc2cnc(C#CC(C)(C)O)cc21. The predicted molar refractivity (Wildman–Crippen MR) is 93.5 cm³/mol. The molecule has 6 heteroatoms. The summed E-state index contributed by atoms with van der Waals surface area (Å²) in [6, 6.07) is 3.77. The van der Waals surface area contributed by atoms with Gasteiger partial charge in [0.05, 0.1) is 12.2 Å². The highest BCUT2D eigenvalue weighted by molar-refractivity contribution is 6.01. The Balaban J connectivity index is 2.53. The lowest BCUT2D eigenvalue weighted by Gasteiger charge is -2.07.